The minimum absolute atomic E-state index is 0. The first kappa shape index (κ1) is 23.8. The van der Waals surface area contributed by atoms with Gasteiger partial charge in [0.1, 0.15) is 0 Å². The summed E-state index contributed by atoms with van der Waals surface area (Å²) in [4.78, 5) is 0. The number of nitrogens with zero attached hydrogens (tertiary/aromatic N) is 2. The predicted molar refractivity (Wildman–Crippen MR) is 91.8 cm³/mol. The molecule has 0 fully saturated rings. The Balaban J connectivity index is 0.00000288. The van der Waals surface area contributed by atoms with Crippen molar-refractivity contribution in [3.63, 3.8) is 0 Å². The molecule has 2 rings (SSSR count). The Morgan fingerprint density at radius 1 is 0.720 bits per heavy atom. The monoisotopic (exact) mass is 384 g/mol. The SMILES string of the molecule is CC(C)(C)c1ccc[n+](COC[n+]2cccc(C(C)(C)C)c2)c1.[Cl-].[Cl-]. The molecule has 0 saturated carbocycles. The molecule has 2 aromatic rings. The number of ether oxygens (including phenoxy) is 1. The van der Waals surface area contributed by atoms with Gasteiger partial charge in [-0.25, -0.2) is 0 Å². The number of pyridine rings is 2. The van der Waals surface area contributed by atoms with Crippen LogP contribution in [0.2, 0.25) is 0 Å². The highest BCUT2D eigenvalue weighted by atomic mass is 35.5. The zero-order valence-electron chi connectivity index (χ0n) is 16.1. The van der Waals surface area contributed by atoms with Crippen LogP contribution in [0.3, 0.4) is 0 Å². The molecule has 0 amide bonds. The molecular formula is C20H30Cl2N2O. The highest BCUT2D eigenvalue weighted by Crippen LogP contribution is 2.20. The van der Waals surface area contributed by atoms with Crippen molar-refractivity contribution in [1.82, 2.24) is 0 Å². The Hall–Kier alpha value is -1.16. The first-order valence-electron chi connectivity index (χ1n) is 8.23. The second-order valence-corrected chi connectivity index (χ2v) is 8.18. The summed E-state index contributed by atoms with van der Waals surface area (Å²) in [5, 5.41) is 0. The van der Waals surface area contributed by atoms with E-state index in [0.29, 0.717) is 13.5 Å². The van der Waals surface area contributed by atoms with Gasteiger partial charge in [-0.05, 0) is 23.0 Å². The summed E-state index contributed by atoms with van der Waals surface area (Å²) in [6, 6.07) is 8.49. The van der Waals surface area contributed by atoms with Gasteiger partial charge < -0.3 is 24.8 Å². The van der Waals surface area contributed by atoms with Gasteiger partial charge in [0.2, 0.25) is 0 Å². The summed E-state index contributed by atoms with van der Waals surface area (Å²) >= 11 is 0. The molecule has 2 aromatic heterocycles. The highest BCUT2D eigenvalue weighted by Gasteiger charge is 2.18. The van der Waals surface area contributed by atoms with Crippen molar-refractivity contribution in [1.29, 1.82) is 0 Å². The standard InChI is InChI=1S/C20H30N2O.2ClH/c1-19(2,3)17-9-7-11-21(13-17)15-23-16-22-12-8-10-18(14-22)20(4,5)6;;/h7-14H,15-16H2,1-6H3;2*1H/q+2;;/p-2. The minimum atomic E-state index is 0. The normalized spacial score (nSPS) is 11.4. The predicted octanol–water partition coefficient (Wildman–Crippen LogP) is -2.50. The second-order valence-electron chi connectivity index (χ2n) is 8.18. The fraction of sp³-hybridized carbons (Fsp3) is 0.500. The lowest BCUT2D eigenvalue weighted by atomic mass is 9.88. The van der Waals surface area contributed by atoms with Crippen LogP contribution in [0.1, 0.15) is 52.7 Å². The minimum Gasteiger partial charge on any atom is -1.00 e. The molecule has 0 aliphatic rings. The largest absolute Gasteiger partial charge is 1.00 e. The number of hydrogen-bond donors (Lipinski definition) is 0. The summed E-state index contributed by atoms with van der Waals surface area (Å²) in [7, 11) is 0. The van der Waals surface area contributed by atoms with Gasteiger partial charge in [-0.3, -0.25) is 4.74 Å². The van der Waals surface area contributed by atoms with E-state index in [1.165, 1.54) is 11.1 Å². The van der Waals surface area contributed by atoms with Crippen LogP contribution < -0.4 is 33.9 Å². The smallest absolute Gasteiger partial charge is 0.257 e. The molecule has 0 aromatic carbocycles. The third-order valence-corrected chi connectivity index (χ3v) is 3.93. The fourth-order valence-corrected chi connectivity index (χ4v) is 2.34. The molecule has 0 aliphatic heterocycles. The summed E-state index contributed by atoms with van der Waals surface area (Å²) in [6.45, 7) is 14.4. The lowest BCUT2D eigenvalue weighted by molar-refractivity contribution is -0.788. The van der Waals surface area contributed by atoms with Crippen molar-refractivity contribution in [2.75, 3.05) is 0 Å². The Morgan fingerprint density at radius 2 is 1.08 bits per heavy atom. The van der Waals surface area contributed by atoms with Gasteiger partial charge >= 0.3 is 0 Å². The molecule has 3 nitrogen and oxygen atoms in total. The summed E-state index contributed by atoms with van der Waals surface area (Å²) in [6.07, 6.45) is 8.42. The molecule has 0 saturated heterocycles. The third-order valence-electron chi connectivity index (χ3n) is 3.93. The number of halogens is 2. The first-order chi connectivity index (χ1) is 10.7. The van der Waals surface area contributed by atoms with Crippen molar-refractivity contribution in [2.45, 2.75) is 65.8 Å². The molecule has 0 unspecified atom stereocenters. The van der Waals surface area contributed by atoms with Gasteiger partial charge in [0.05, 0.1) is 0 Å². The van der Waals surface area contributed by atoms with E-state index in [2.05, 4.69) is 87.3 Å². The molecule has 0 N–H and O–H groups in total. The molecular weight excluding hydrogens is 355 g/mol. The summed E-state index contributed by atoms with van der Waals surface area (Å²) in [5.41, 5.74) is 2.93. The highest BCUT2D eigenvalue weighted by molar-refractivity contribution is 5.16. The Bertz CT molecular complexity index is 604. The molecule has 25 heavy (non-hydrogen) atoms. The lowest BCUT2D eigenvalue weighted by Gasteiger charge is -2.17. The molecule has 2 heterocycles. The number of rotatable bonds is 4. The molecule has 0 radical (unpaired) electrons. The van der Waals surface area contributed by atoms with Gasteiger partial charge in [0.15, 0.2) is 24.8 Å². The van der Waals surface area contributed by atoms with E-state index < -0.39 is 0 Å². The average molecular weight is 385 g/mol. The van der Waals surface area contributed by atoms with Crippen molar-refractivity contribution in [3.8, 4) is 0 Å². The molecule has 0 bridgehead atoms. The van der Waals surface area contributed by atoms with Crippen LogP contribution in [0.4, 0.5) is 0 Å². The van der Waals surface area contributed by atoms with Crippen molar-refractivity contribution < 1.29 is 38.7 Å². The average Bonchev–Trinajstić information content (AvgIpc) is 2.46. The van der Waals surface area contributed by atoms with Crippen LogP contribution in [0.25, 0.3) is 0 Å². The van der Waals surface area contributed by atoms with Crippen LogP contribution in [0.5, 0.6) is 0 Å². The van der Waals surface area contributed by atoms with E-state index in [0.717, 1.165) is 0 Å². The van der Waals surface area contributed by atoms with E-state index in [1.807, 2.05) is 12.4 Å². The molecule has 0 aliphatic carbocycles. The van der Waals surface area contributed by atoms with Crippen molar-refractivity contribution in [2.24, 2.45) is 0 Å². The van der Waals surface area contributed by atoms with Gasteiger partial charge in [0, 0.05) is 23.3 Å². The van der Waals surface area contributed by atoms with Crippen LogP contribution in [-0.2, 0) is 29.0 Å². The molecule has 5 heteroatoms. The Morgan fingerprint density at radius 3 is 1.40 bits per heavy atom. The van der Waals surface area contributed by atoms with Gasteiger partial charge in [-0.2, -0.15) is 9.13 Å². The maximum Gasteiger partial charge on any atom is 0.257 e. The number of aromatic nitrogens is 2. The van der Waals surface area contributed by atoms with Gasteiger partial charge in [-0.15, -0.1) is 0 Å². The third kappa shape index (κ3) is 7.31. The van der Waals surface area contributed by atoms with E-state index in [9.17, 15) is 0 Å². The van der Waals surface area contributed by atoms with Crippen LogP contribution in [0, 0.1) is 0 Å². The van der Waals surface area contributed by atoms with E-state index in [-0.39, 0.29) is 35.6 Å². The van der Waals surface area contributed by atoms with Crippen LogP contribution in [-0.4, -0.2) is 0 Å². The maximum absolute atomic E-state index is 5.87. The number of hydrogen-bond acceptors (Lipinski definition) is 1. The van der Waals surface area contributed by atoms with Crippen molar-refractivity contribution >= 4 is 0 Å². The van der Waals surface area contributed by atoms with E-state index >= 15 is 0 Å². The summed E-state index contributed by atoms with van der Waals surface area (Å²) < 4.78 is 10.1. The Labute approximate surface area is 164 Å². The molecule has 0 atom stereocenters. The summed E-state index contributed by atoms with van der Waals surface area (Å²) in [5.74, 6) is 0. The first-order valence-corrected chi connectivity index (χ1v) is 8.23. The van der Waals surface area contributed by atoms with Gasteiger partial charge in [-0.1, -0.05) is 41.5 Å². The maximum atomic E-state index is 5.87. The molecule has 140 valence electrons. The topological polar surface area (TPSA) is 17.0 Å². The zero-order valence-corrected chi connectivity index (χ0v) is 17.6. The second kappa shape index (κ2) is 9.51. The lowest BCUT2D eigenvalue weighted by Crippen LogP contribution is -3.00. The van der Waals surface area contributed by atoms with E-state index in [1.54, 1.807) is 0 Å². The zero-order chi connectivity index (χ0) is 17.1. The van der Waals surface area contributed by atoms with Gasteiger partial charge in [0.25, 0.3) is 13.5 Å². The Kier molecular flexibility index (Phi) is 9.07. The van der Waals surface area contributed by atoms with Crippen LogP contribution >= 0.6 is 0 Å². The quantitative estimate of drug-likeness (QED) is 0.532. The van der Waals surface area contributed by atoms with Crippen molar-refractivity contribution in [3.05, 3.63) is 60.2 Å². The van der Waals surface area contributed by atoms with E-state index in [4.69, 9.17) is 4.74 Å². The fourth-order valence-electron chi connectivity index (χ4n) is 2.34. The molecule has 0 spiro atoms. The van der Waals surface area contributed by atoms with Crippen LogP contribution in [0.15, 0.2) is 49.1 Å².